The van der Waals surface area contributed by atoms with Gasteiger partial charge < -0.3 is 0 Å². The minimum atomic E-state index is -0.457. The number of fused-ring (bicyclic) bond motifs is 7. The van der Waals surface area contributed by atoms with Crippen molar-refractivity contribution in [2.45, 2.75) is 5.41 Å². The van der Waals surface area contributed by atoms with Gasteiger partial charge in [-0.1, -0.05) is 152 Å². The Balaban J connectivity index is 1.14. The number of rotatable bonds is 4. The summed E-state index contributed by atoms with van der Waals surface area (Å²) in [6.07, 6.45) is 0. The molecule has 10 aromatic rings. The minimum Gasteiger partial charge on any atom is -0.294 e. The first-order valence-electron chi connectivity index (χ1n) is 18.3. The molecule has 250 valence electrons. The first-order chi connectivity index (χ1) is 26.8. The fourth-order valence-electron chi connectivity index (χ4n) is 9.35. The van der Waals surface area contributed by atoms with Crippen molar-refractivity contribution in [2.75, 3.05) is 0 Å². The highest BCUT2D eigenvalue weighted by molar-refractivity contribution is 6.26. The van der Waals surface area contributed by atoms with E-state index in [1.54, 1.807) is 0 Å². The van der Waals surface area contributed by atoms with E-state index in [0.717, 1.165) is 28.0 Å². The highest BCUT2D eigenvalue weighted by atomic mass is 15.1. The lowest BCUT2D eigenvalue weighted by molar-refractivity contribution is 0.783. The Bertz CT molecular complexity index is 3060. The molecule has 12 rings (SSSR count). The number of hydrogen-bond donors (Lipinski definition) is 0. The van der Waals surface area contributed by atoms with Crippen LogP contribution in [0, 0.1) is 0 Å². The Morgan fingerprint density at radius 3 is 1.57 bits per heavy atom. The third-order valence-electron chi connectivity index (χ3n) is 11.5. The van der Waals surface area contributed by atoms with Gasteiger partial charge in [-0.25, -0.2) is 19.9 Å². The number of pyridine rings is 1. The zero-order valence-corrected chi connectivity index (χ0v) is 29.0. The third kappa shape index (κ3) is 3.82. The van der Waals surface area contributed by atoms with Gasteiger partial charge in [-0.3, -0.25) is 4.57 Å². The Morgan fingerprint density at radius 1 is 0.352 bits per heavy atom. The second kappa shape index (κ2) is 10.9. The van der Waals surface area contributed by atoms with Crippen LogP contribution < -0.4 is 0 Å². The summed E-state index contributed by atoms with van der Waals surface area (Å²) in [4.78, 5) is 20.3. The van der Waals surface area contributed by atoms with Gasteiger partial charge in [0.25, 0.3) is 0 Å². The Labute approximate surface area is 310 Å². The van der Waals surface area contributed by atoms with Gasteiger partial charge in [-0.15, -0.1) is 0 Å². The van der Waals surface area contributed by atoms with Crippen molar-refractivity contribution < 1.29 is 0 Å². The summed E-state index contributed by atoms with van der Waals surface area (Å²) >= 11 is 0. The lowest BCUT2D eigenvalue weighted by atomic mass is 9.63. The van der Waals surface area contributed by atoms with E-state index < -0.39 is 5.41 Å². The largest absolute Gasteiger partial charge is 0.294 e. The first-order valence-corrected chi connectivity index (χ1v) is 18.3. The number of hydrogen-bond acceptors (Lipinski definition) is 4. The van der Waals surface area contributed by atoms with Gasteiger partial charge in [0.2, 0.25) is 0 Å². The molecule has 3 aromatic heterocycles. The van der Waals surface area contributed by atoms with E-state index in [1.807, 2.05) is 66.7 Å². The summed E-state index contributed by atoms with van der Waals surface area (Å²) < 4.78 is 2.33. The lowest BCUT2D eigenvalue weighted by Gasteiger charge is -2.37. The zero-order chi connectivity index (χ0) is 35.4. The monoisotopic (exact) mass is 687 g/mol. The third-order valence-corrected chi connectivity index (χ3v) is 11.5. The molecule has 5 nitrogen and oxygen atoms in total. The van der Waals surface area contributed by atoms with Crippen LogP contribution in [-0.2, 0) is 5.41 Å². The molecule has 0 N–H and O–H groups in total. The maximum absolute atomic E-state index is 5.35. The Hall–Kier alpha value is -7.24. The van der Waals surface area contributed by atoms with Crippen molar-refractivity contribution in [1.29, 1.82) is 0 Å². The molecule has 0 saturated heterocycles. The van der Waals surface area contributed by atoms with E-state index in [2.05, 4.69) is 114 Å². The Morgan fingerprint density at radius 2 is 0.889 bits per heavy atom. The lowest BCUT2D eigenvalue weighted by Crippen LogP contribution is -2.30. The van der Waals surface area contributed by atoms with Crippen LogP contribution in [0.2, 0.25) is 0 Å². The number of nitrogens with zero attached hydrogens (tertiary/aromatic N) is 5. The van der Waals surface area contributed by atoms with Gasteiger partial charge in [0.1, 0.15) is 11.5 Å². The number of benzene rings is 7. The van der Waals surface area contributed by atoms with E-state index >= 15 is 0 Å². The van der Waals surface area contributed by atoms with E-state index in [-0.39, 0.29) is 0 Å². The quantitative estimate of drug-likeness (QED) is 0.185. The predicted octanol–water partition coefficient (Wildman–Crippen LogP) is 11.2. The molecule has 0 unspecified atom stereocenters. The molecule has 3 heterocycles. The zero-order valence-electron chi connectivity index (χ0n) is 29.0. The van der Waals surface area contributed by atoms with E-state index in [0.29, 0.717) is 23.2 Å². The molecular formula is C49H29N5. The molecule has 0 radical (unpaired) electrons. The SMILES string of the molecule is c1ccc(-c2nc(-c3ccccc3)nc(-c3cccc(-n4c5cccc6c5c5c7c(cccc7ccc54)C64c5ccccc5-c5ccccc54)n3)n2)cc1. The molecule has 7 aromatic carbocycles. The summed E-state index contributed by atoms with van der Waals surface area (Å²) in [6.45, 7) is 0. The molecule has 0 saturated carbocycles. The molecule has 0 aliphatic heterocycles. The van der Waals surface area contributed by atoms with E-state index in [9.17, 15) is 0 Å². The summed E-state index contributed by atoms with van der Waals surface area (Å²) in [5.41, 5.74) is 12.2. The van der Waals surface area contributed by atoms with Crippen LogP contribution in [-0.4, -0.2) is 24.5 Å². The standard InChI is InChI=1S/C49H29N5/c1-3-14-31(15-4-1)46-51-47(32-16-5-2-6-17-32)53-48(52-46)39-25-13-27-42(50-39)54-40-26-12-24-38-44(40)45-41(54)29-28-30-18-11-23-37(43(30)45)49(38)35-21-9-7-19-33(35)34-20-8-10-22-36(34)49/h1-29H. The maximum Gasteiger partial charge on any atom is 0.182 e. The molecule has 0 fully saturated rings. The first kappa shape index (κ1) is 29.3. The number of aromatic nitrogens is 5. The van der Waals surface area contributed by atoms with Crippen molar-refractivity contribution in [3.63, 3.8) is 0 Å². The topological polar surface area (TPSA) is 56.5 Å². The average Bonchev–Trinajstić information content (AvgIpc) is 3.75. The van der Waals surface area contributed by atoms with Crippen LogP contribution in [0.5, 0.6) is 0 Å². The second-order valence-electron chi connectivity index (χ2n) is 14.2. The van der Waals surface area contributed by atoms with Crippen molar-refractivity contribution in [2.24, 2.45) is 0 Å². The summed E-state index contributed by atoms with van der Waals surface area (Å²) in [5.74, 6) is 2.56. The van der Waals surface area contributed by atoms with Crippen molar-refractivity contribution in [1.82, 2.24) is 24.5 Å². The van der Waals surface area contributed by atoms with Gasteiger partial charge >= 0.3 is 0 Å². The molecule has 2 aliphatic carbocycles. The van der Waals surface area contributed by atoms with Gasteiger partial charge in [0.05, 0.1) is 16.4 Å². The summed E-state index contributed by atoms with van der Waals surface area (Å²) in [6, 6.07) is 62.4. The van der Waals surface area contributed by atoms with Crippen molar-refractivity contribution in [3.8, 4) is 51.2 Å². The van der Waals surface area contributed by atoms with Gasteiger partial charge in [-0.2, -0.15) is 0 Å². The average molecular weight is 688 g/mol. The minimum absolute atomic E-state index is 0.457. The van der Waals surface area contributed by atoms with Crippen LogP contribution in [0.4, 0.5) is 0 Å². The molecule has 0 bridgehead atoms. The fraction of sp³-hybridized carbons (Fsp3) is 0.0204. The van der Waals surface area contributed by atoms with E-state index in [4.69, 9.17) is 19.9 Å². The van der Waals surface area contributed by atoms with Crippen molar-refractivity contribution in [3.05, 3.63) is 198 Å². The second-order valence-corrected chi connectivity index (χ2v) is 14.2. The summed E-state index contributed by atoms with van der Waals surface area (Å²) in [7, 11) is 0. The summed E-state index contributed by atoms with van der Waals surface area (Å²) in [5, 5.41) is 5.08. The molecule has 5 heteroatoms. The molecule has 2 aliphatic rings. The Kier molecular flexibility index (Phi) is 5.92. The van der Waals surface area contributed by atoms with Crippen LogP contribution in [0.3, 0.4) is 0 Å². The fourth-order valence-corrected chi connectivity index (χ4v) is 9.35. The van der Waals surface area contributed by atoms with Crippen LogP contribution >= 0.6 is 0 Å². The molecule has 54 heavy (non-hydrogen) atoms. The van der Waals surface area contributed by atoms with Crippen LogP contribution in [0.25, 0.3) is 83.8 Å². The van der Waals surface area contributed by atoms with Gasteiger partial charge in [0, 0.05) is 21.9 Å². The van der Waals surface area contributed by atoms with Crippen molar-refractivity contribution >= 4 is 32.6 Å². The smallest absolute Gasteiger partial charge is 0.182 e. The highest BCUT2D eigenvalue weighted by Gasteiger charge is 2.49. The maximum atomic E-state index is 5.35. The van der Waals surface area contributed by atoms with Gasteiger partial charge in [-0.05, 0) is 68.4 Å². The predicted molar refractivity (Wildman–Crippen MR) is 217 cm³/mol. The van der Waals surface area contributed by atoms with Crippen LogP contribution in [0.1, 0.15) is 22.3 Å². The molecule has 0 amide bonds. The van der Waals surface area contributed by atoms with Gasteiger partial charge in [0.15, 0.2) is 17.5 Å². The van der Waals surface area contributed by atoms with E-state index in [1.165, 1.54) is 54.9 Å². The normalized spacial score (nSPS) is 13.3. The molecule has 1 spiro atoms. The van der Waals surface area contributed by atoms with Crippen LogP contribution in [0.15, 0.2) is 176 Å². The highest BCUT2D eigenvalue weighted by Crippen LogP contribution is 2.62. The molecule has 0 atom stereocenters. The molecular weight excluding hydrogens is 659 g/mol.